The second kappa shape index (κ2) is 7.71. The number of nitrogens with zero attached hydrogens (tertiary/aromatic N) is 1. The fraction of sp³-hybridized carbons (Fsp3) is 0.833. The van der Waals surface area contributed by atoms with Gasteiger partial charge < -0.3 is 9.47 Å². The van der Waals surface area contributed by atoms with Crippen molar-refractivity contribution in [2.75, 3.05) is 26.8 Å². The summed E-state index contributed by atoms with van der Waals surface area (Å²) in [4.78, 5) is 23.1. The molecule has 21 heavy (non-hydrogen) atoms. The number of amides is 1. The number of piperidine rings is 1. The molecule has 0 aliphatic carbocycles. The molecule has 1 N–H and O–H groups in total. The largest absolute Gasteiger partial charge is 0.469 e. The molecule has 0 radical (unpaired) electrons. The van der Waals surface area contributed by atoms with Crippen LogP contribution < -0.4 is 4.72 Å². The maximum atomic E-state index is 12.1. The smallest absolute Gasteiger partial charge is 0.308 e. The first-order valence-corrected chi connectivity index (χ1v) is 8.27. The number of hydrogen-bond donors (Lipinski definition) is 1. The van der Waals surface area contributed by atoms with Crippen LogP contribution in [0.1, 0.15) is 26.7 Å². The van der Waals surface area contributed by atoms with Crippen LogP contribution in [0.4, 0.5) is 0 Å². The number of carbonyl (C=O) groups is 2. The molecule has 1 aliphatic rings. The molecule has 1 atom stereocenters. The van der Waals surface area contributed by atoms with Crippen molar-refractivity contribution in [1.82, 2.24) is 9.03 Å². The molecule has 122 valence electrons. The Morgan fingerprint density at radius 1 is 1.33 bits per heavy atom. The molecule has 8 nitrogen and oxygen atoms in total. The summed E-state index contributed by atoms with van der Waals surface area (Å²) in [6.45, 7) is 3.86. The summed E-state index contributed by atoms with van der Waals surface area (Å²) in [5.41, 5.74) is 0. The van der Waals surface area contributed by atoms with Gasteiger partial charge in [-0.2, -0.15) is 12.7 Å². The van der Waals surface area contributed by atoms with Gasteiger partial charge in [0.1, 0.15) is 6.10 Å². The Hall–Kier alpha value is -1.19. The summed E-state index contributed by atoms with van der Waals surface area (Å²) in [5, 5.41) is 0. The SMILES string of the molecule is CCOC(C)C(=O)NS(=O)(=O)N1CCC(C(=O)OC)CC1. The highest BCUT2D eigenvalue weighted by atomic mass is 32.2. The Bertz CT molecular complexity index is 470. The Kier molecular flexibility index (Phi) is 6.56. The summed E-state index contributed by atoms with van der Waals surface area (Å²) in [6, 6.07) is 0. The van der Waals surface area contributed by atoms with Crippen LogP contribution >= 0.6 is 0 Å². The molecule has 1 amide bonds. The third kappa shape index (κ3) is 4.94. The van der Waals surface area contributed by atoms with Crippen LogP contribution in [0.2, 0.25) is 0 Å². The standard InChI is InChI=1S/C12H22N2O6S/c1-4-20-9(2)11(15)13-21(17,18)14-7-5-10(6-8-14)12(16)19-3/h9-10H,4-8H2,1-3H3,(H,13,15). The highest BCUT2D eigenvalue weighted by Crippen LogP contribution is 2.20. The average Bonchev–Trinajstić information content (AvgIpc) is 2.46. The summed E-state index contributed by atoms with van der Waals surface area (Å²) in [6.07, 6.45) is -0.0802. The molecule has 0 aromatic carbocycles. The number of methoxy groups -OCH3 is 1. The van der Waals surface area contributed by atoms with Crippen molar-refractivity contribution in [2.24, 2.45) is 5.92 Å². The second-order valence-electron chi connectivity index (χ2n) is 4.77. The van der Waals surface area contributed by atoms with Crippen molar-refractivity contribution in [3.63, 3.8) is 0 Å². The van der Waals surface area contributed by atoms with E-state index >= 15 is 0 Å². The predicted molar refractivity (Wildman–Crippen MR) is 74.5 cm³/mol. The molecule has 0 aromatic heterocycles. The zero-order valence-electron chi connectivity index (χ0n) is 12.5. The van der Waals surface area contributed by atoms with Crippen LogP contribution in [0, 0.1) is 5.92 Å². The van der Waals surface area contributed by atoms with Crippen LogP contribution in [0.3, 0.4) is 0 Å². The Morgan fingerprint density at radius 2 is 1.90 bits per heavy atom. The van der Waals surface area contributed by atoms with E-state index in [0.29, 0.717) is 19.4 Å². The minimum atomic E-state index is -3.90. The molecule has 1 aliphatic heterocycles. The normalized spacial score (nSPS) is 19.0. The van der Waals surface area contributed by atoms with Gasteiger partial charge >= 0.3 is 16.2 Å². The van der Waals surface area contributed by atoms with Crippen LogP contribution in [0.15, 0.2) is 0 Å². The molecule has 0 bridgehead atoms. The molecule has 1 rings (SSSR count). The molecule has 9 heteroatoms. The maximum absolute atomic E-state index is 12.1. The van der Waals surface area contributed by atoms with Gasteiger partial charge in [0.05, 0.1) is 13.0 Å². The quantitative estimate of drug-likeness (QED) is 0.671. The molecule has 1 unspecified atom stereocenters. The van der Waals surface area contributed by atoms with Gasteiger partial charge in [0, 0.05) is 19.7 Å². The Labute approximate surface area is 125 Å². The average molecular weight is 322 g/mol. The van der Waals surface area contributed by atoms with Gasteiger partial charge in [-0.15, -0.1) is 0 Å². The van der Waals surface area contributed by atoms with Crippen LogP contribution in [0.25, 0.3) is 0 Å². The van der Waals surface area contributed by atoms with Gasteiger partial charge in [-0.1, -0.05) is 0 Å². The first-order valence-electron chi connectivity index (χ1n) is 6.83. The van der Waals surface area contributed by atoms with E-state index in [-0.39, 0.29) is 25.0 Å². The minimum Gasteiger partial charge on any atom is -0.469 e. The van der Waals surface area contributed by atoms with E-state index in [9.17, 15) is 18.0 Å². The first kappa shape index (κ1) is 17.9. The second-order valence-corrected chi connectivity index (χ2v) is 6.44. The van der Waals surface area contributed by atoms with Crippen LogP contribution in [-0.2, 0) is 29.3 Å². The van der Waals surface area contributed by atoms with E-state index in [1.807, 2.05) is 4.72 Å². The molecule has 1 saturated heterocycles. The lowest BCUT2D eigenvalue weighted by Crippen LogP contribution is -2.49. The Balaban J connectivity index is 2.57. The molecule has 0 aromatic rings. The summed E-state index contributed by atoms with van der Waals surface area (Å²) >= 11 is 0. The number of rotatable bonds is 6. The zero-order valence-corrected chi connectivity index (χ0v) is 13.3. The Morgan fingerprint density at radius 3 is 2.38 bits per heavy atom. The van der Waals surface area contributed by atoms with E-state index in [0.717, 1.165) is 4.31 Å². The number of esters is 1. The van der Waals surface area contributed by atoms with E-state index in [4.69, 9.17) is 4.74 Å². The van der Waals surface area contributed by atoms with Gasteiger partial charge in [0.25, 0.3) is 5.91 Å². The summed E-state index contributed by atoms with van der Waals surface area (Å²) in [7, 11) is -2.59. The maximum Gasteiger partial charge on any atom is 0.308 e. The highest BCUT2D eigenvalue weighted by Gasteiger charge is 2.33. The fourth-order valence-electron chi connectivity index (χ4n) is 2.10. The number of carbonyl (C=O) groups excluding carboxylic acids is 2. The lowest BCUT2D eigenvalue weighted by Gasteiger charge is -2.29. The zero-order chi connectivity index (χ0) is 16.0. The van der Waals surface area contributed by atoms with Gasteiger partial charge in [-0.05, 0) is 26.7 Å². The minimum absolute atomic E-state index is 0.172. The lowest BCUT2D eigenvalue weighted by molar-refractivity contribution is -0.146. The lowest BCUT2D eigenvalue weighted by atomic mass is 9.99. The van der Waals surface area contributed by atoms with Gasteiger partial charge in [-0.25, -0.2) is 4.72 Å². The summed E-state index contributed by atoms with van der Waals surface area (Å²) in [5.74, 6) is -1.33. The molecule has 1 fully saturated rings. The molecule has 0 saturated carbocycles. The van der Waals surface area contributed by atoms with Gasteiger partial charge in [-0.3, -0.25) is 9.59 Å². The van der Waals surface area contributed by atoms with Crippen LogP contribution in [0.5, 0.6) is 0 Å². The molecular weight excluding hydrogens is 300 g/mol. The third-order valence-electron chi connectivity index (χ3n) is 3.34. The van der Waals surface area contributed by atoms with Crippen molar-refractivity contribution in [3.8, 4) is 0 Å². The number of nitrogens with one attached hydrogen (secondary N) is 1. The fourth-order valence-corrected chi connectivity index (χ4v) is 3.34. The van der Waals surface area contributed by atoms with E-state index in [1.54, 1.807) is 6.92 Å². The highest BCUT2D eigenvalue weighted by molar-refractivity contribution is 7.87. The first-order chi connectivity index (χ1) is 9.81. The number of ether oxygens (including phenoxy) is 2. The van der Waals surface area contributed by atoms with Crippen molar-refractivity contribution in [2.45, 2.75) is 32.8 Å². The molecular formula is C12H22N2O6S. The predicted octanol–water partition coefficient (Wildman–Crippen LogP) is -0.343. The van der Waals surface area contributed by atoms with E-state index < -0.39 is 22.2 Å². The van der Waals surface area contributed by atoms with Gasteiger partial charge in [0.2, 0.25) is 0 Å². The summed E-state index contributed by atoms with van der Waals surface area (Å²) < 4.78 is 37.0. The monoisotopic (exact) mass is 322 g/mol. The van der Waals surface area contributed by atoms with E-state index in [1.165, 1.54) is 14.0 Å². The topological polar surface area (TPSA) is 102 Å². The van der Waals surface area contributed by atoms with Crippen molar-refractivity contribution < 1.29 is 27.5 Å². The third-order valence-corrected chi connectivity index (χ3v) is 4.85. The number of hydrogen-bond acceptors (Lipinski definition) is 6. The van der Waals surface area contributed by atoms with E-state index in [2.05, 4.69) is 4.74 Å². The molecule has 0 spiro atoms. The van der Waals surface area contributed by atoms with Crippen molar-refractivity contribution >= 4 is 22.1 Å². The molecule has 1 heterocycles. The van der Waals surface area contributed by atoms with Gasteiger partial charge in [0.15, 0.2) is 0 Å². The van der Waals surface area contributed by atoms with Crippen LogP contribution in [-0.4, -0.2) is 57.5 Å². The van der Waals surface area contributed by atoms with Crippen molar-refractivity contribution in [1.29, 1.82) is 0 Å². The van der Waals surface area contributed by atoms with Crippen molar-refractivity contribution in [3.05, 3.63) is 0 Å².